The zero-order valence-electron chi connectivity index (χ0n) is 11.4. The molecule has 0 aromatic heterocycles. The fourth-order valence-electron chi connectivity index (χ4n) is 2.42. The maximum absolute atomic E-state index is 13.8. The number of nitro benzene ring substituents is 1. The number of nitrogens with zero attached hydrogens (tertiary/aromatic N) is 2. The molecule has 2 amide bonds. The molecule has 0 unspecified atom stereocenters. The third kappa shape index (κ3) is 1.86. The highest BCUT2D eigenvalue weighted by Crippen LogP contribution is 2.33. The van der Waals surface area contributed by atoms with Crippen molar-refractivity contribution in [3.8, 4) is 0 Å². The fraction of sp³-hybridized carbons (Fsp3) is 0.0667. The van der Waals surface area contributed by atoms with Crippen LogP contribution in [0, 0.1) is 22.9 Å². The van der Waals surface area contributed by atoms with Gasteiger partial charge in [-0.05, 0) is 24.6 Å². The van der Waals surface area contributed by atoms with Gasteiger partial charge in [0, 0.05) is 12.1 Å². The Labute approximate surface area is 123 Å². The first kappa shape index (κ1) is 13.9. The van der Waals surface area contributed by atoms with Gasteiger partial charge in [-0.2, -0.15) is 0 Å². The van der Waals surface area contributed by atoms with E-state index in [0.29, 0.717) is 5.56 Å². The quantitative estimate of drug-likeness (QED) is 0.485. The van der Waals surface area contributed by atoms with E-state index in [4.69, 9.17) is 0 Å². The standard InChI is InChI=1S/C15H9FN2O4/c1-8-5-6-9(18(21)22)7-12(8)17-14(19)10-3-2-4-11(16)13(10)15(17)20/h2-7H,1H3. The summed E-state index contributed by atoms with van der Waals surface area (Å²) in [5.41, 5.74) is -0.0211. The normalized spacial score (nSPS) is 13.5. The Bertz CT molecular complexity index is 847. The summed E-state index contributed by atoms with van der Waals surface area (Å²) in [6.45, 7) is 1.61. The van der Waals surface area contributed by atoms with Gasteiger partial charge in [0.1, 0.15) is 5.82 Å². The number of benzene rings is 2. The summed E-state index contributed by atoms with van der Waals surface area (Å²) in [7, 11) is 0. The molecule has 3 rings (SSSR count). The molecule has 7 heteroatoms. The van der Waals surface area contributed by atoms with E-state index in [9.17, 15) is 24.1 Å². The molecule has 1 aliphatic heterocycles. The molecule has 1 heterocycles. The average Bonchev–Trinajstić information content (AvgIpc) is 2.72. The average molecular weight is 300 g/mol. The molecule has 110 valence electrons. The van der Waals surface area contributed by atoms with Gasteiger partial charge in [-0.1, -0.05) is 12.1 Å². The van der Waals surface area contributed by atoms with Crippen molar-refractivity contribution in [1.82, 2.24) is 0 Å². The number of amides is 2. The lowest BCUT2D eigenvalue weighted by atomic mass is 10.1. The highest BCUT2D eigenvalue weighted by Gasteiger charge is 2.39. The number of imide groups is 1. The van der Waals surface area contributed by atoms with Crippen molar-refractivity contribution in [2.45, 2.75) is 6.92 Å². The molecule has 0 saturated carbocycles. The number of nitro groups is 1. The smallest absolute Gasteiger partial charge is 0.268 e. The van der Waals surface area contributed by atoms with Crippen molar-refractivity contribution in [3.63, 3.8) is 0 Å². The van der Waals surface area contributed by atoms with Crippen molar-refractivity contribution < 1.29 is 18.9 Å². The minimum Gasteiger partial charge on any atom is -0.268 e. The second kappa shape index (κ2) is 4.73. The summed E-state index contributed by atoms with van der Waals surface area (Å²) >= 11 is 0. The van der Waals surface area contributed by atoms with Crippen LogP contribution in [0.2, 0.25) is 0 Å². The molecule has 1 aliphatic rings. The number of hydrogen-bond donors (Lipinski definition) is 0. The fourth-order valence-corrected chi connectivity index (χ4v) is 2.42. The van der Waals surface area contributed by atoms with Crippen LogP contribution in [0.3, 0.4) is 0 Å². The van der Waals surface area contributed by atoms with E-state index in [2.05, 4.69) is 0 Å². The summed E-state index contributed by atoms with van der Waals surface area (Å²) in [6.07, 6.45) is 0. The first-order valence-electron chi connectivity index (χ1n) is 6.34. The molecule has 0 saturated heterocycles. The summed E-state index contributed by atoms with van der Waals surface area (Å²) in [4.78, 5) is 35.7. The van der Waals surface area contributed by atoms with Crippen LogP contribution in [-0.2, 0) is 0 Å². The first-order chi connectivity index (χ1) is 10.4. The second-order valence-electron chi connectivity index (χ2n) is 4.84. The molecule has 0 radical (unpaired) electrons. The molecule has 2 aromatic carbocycles. The van der Waals surface area contributed by atoms with Crippen LogP contribution in [-0.4, -0.2) is 16.7 Å². The van der Waals surface area contributed by atoms with E-state index >= 15 is 0 Å². The van der Waals surface area contributed by atoms with Crippen molar-refractivity contribution in [1.29, 1.82) is 0 Å². The van der Waals surface area contributed by atoms with Crippen LogP contribution in [0.4, 0.5) is 15.8 Å². The highest BCUT2D eigenvalue weighted by molar-refractivity contribution is 6.34. The maximum Gasteiger partial charge on any atom is 0.271 e. The number of rotatable bonds is 2. The zero-order chi connectivity index (χ0) is 16.0. The Hall–Kier alpha value is -3.09. The third-order valence-corrected chi connectivity index (χ3v) is 3.51. The summed E-state index contributed by atoms with van der Waals surface area (Å²) in [6, 6.07) is 7.63. The first-order valence-corrected chi connectivity index (χ1v) is 6.34. The van der Waals surface area contributed by atoms with E-state index in [1.54, 1.807) is 6.92 Å². The molecule has 6 nitrogen and oxygen atoms in total. The number of carbonyl (C=O) groups is 2. The Morgan fingerprint density at radius 2 is 1.86 bits per heavy atom. The van der Waals surface area contributed by atoms with Crippen molar-refractivity contribution in [2.24, 2.45) is 0 Å². The van der Waals surface area contributed by atoms with E-state index in [-0.39, 0.29) is 22.5 Å². The number of carbonyl (C=O) groups excluding carboxylic acids is 2. The predicted molar refractivity (Wildman–Crippen MR) is 75.4 cm³/mol. The Balaban J connectivity index is 2.18. The van der Waals surface area contributed by atoms with Gasteiger partial charge in [-0.15, -0.1) is 0 Å². The Kier molecular flexibility index (Phi) is 2.98. The van der Waals surface area contributed by atoms with Gasteiger partial charge in [-0.25, -0.2) is 9.29 Å². The van der Waals surface area contributed by atoms with Crippen LogP contribution in [0.1, 0.15) is 26.3 Å². The van der Waals surface area contributed by atoms with Crippen LogP contribution in [0.15, 0.2) is 36.4 Å². The van der Waals surface area contributed by atoms with Crippen molar-refractivity contribution in [3.05, 3.63) is 69.0 Å². The number of anilines is 1. The molecule has 0 bridgehead atoms. The van der Waals surface area contributed by atoms with Gasteiger partial charge < -0.3 is 0 Å². The van der Waals surface area contributed by atoms with Gasteiger partial charge >= 0.3 is 0 Å². The minimum absolute atomic E-state index is 0.0455. The number of aryl methyl sites for hydroxylation is 1. The van der Waals surface area contributed by atoms with E-state index < -0.39 is 22.6 Å². The number of non-ortho nitro benzene ring substituents is 1. The molecule has 2 aromatic rings. The maximum atomic E-state index is 13.8. The topological polar surface area (TPSA) is 80.5 Å². The molecule has 0 aliphatic carbocycles. The molecular weight excluding hydrogens is 291 g/mol. The van der Waals surface area contributed by atoms with Crippen LogP contribution in [0.5, 0.6) is 0 Å². The lowest BCUT2D eigenvalue weighted by Crippen LogP contribution is -2.30. The van der Waals surface area contributed by atoms with Gasteiger partial charge in [0.05, 0.1) is 21.7 Å². The van der Waals surface area contributed by atoms with Gasteiger partial charge in [-0.3, -0.25) is 19.7 Å². The van der Waals surface area contributed by atoms with Crippen LogP contribution >= 0.6 is 0 Å². The molecule has 0 N–H and O–H groups in total. The van der Waals surface area contributed by atoms with Gasteiger partial charge in [0.15, 0.2) is 0 Å². The third-order valence-electron chi connectivity index (χ3n) is 3.51. The molecular formula is C15H9FN2O4. The van der Waals surface area contributed by atoms with Gasteiger partial charge in [0.25, 0.3) is 17.5 Å². The van der Waals surface area contributed by atoms with Crippen molar-refractivity contribution in [2.75, 3.05) is 4.90 Å². The molecule has 0 atom stereocenters. The van der Waals surface area contributed by atoms with Crippen LogP contribution < -0.4 is 4.90 Å². The van der Waals surface area contributed by atoms with E-state index in [1.807, 2.05) is 0 Å². The van der Waals surface area contributed by atoms with E-state index in [1.165, 1.54) is 24.3 Å². The largest absolute Gasteiger partial charge is 0.271 e. The SMILES string of the molecule is Cc1ccc([N+](=O)[O-])cc1N1C(=O)c2cccc(F)c2C1=O. The minimum atomic E-state index is -0.818. The summed E-state index contributed by atoms with van der Waals surface area (Å²) in [5.74, 6) is -2.30. The zero-order valence-corrected chi connectivity index (χ0v) is 11.4. The summed E-state index contributed by atoms with van der Waals surface area (Å²) in [5, 5.41) is 10.9. The van der Waals surface area contributed by atoms with Crippen molar-refractivity contribution >= 4 is 23.2 Å². The summed E-state index contributed by atoms with van der Waals surface area (Å²) < 4.78 is 13.8. The lowest BCUT2D eigenvalue weighted by Gasteiger charge is -2.16. The van der Waals surface area contributed by atoms with Gasteiger partial charge in [0.2, 0.25) is 0 Å². The number of halogens is 1. The molecule has 0 fully saturated rings. The number of fused-ring (bicyclic) bond motifs is 1. The Morgan fingerprint density at radius 1 is 1.14 bits per heavy atom. The lowest BCUT2D eigenvalue weighted by molar-refractivity contribution is -0.384. The molecule has 0 spiro atoms. The Morgan fingerprint density at radius 3 is 2.50 bits per heavy atom. The predicted octanol–water partition coefficient (Wildman–Crippen LogP) is 2.84. The molecule has 22 heavy (non-hydrogen) atoms. The highest BCUT2D eigenvalue weighted by atomic mass is 19.1. The van der Waals surface area contributed by atoms with E-state index in [0.717, 1.165) is 17.0 Å². The van der Waals surface area contributed by atoms with Crippen LogP contribution in [0.25, 0.3) is 0 Å². The monoisotopic (exact) mass is 300 g/mol. The second-order valence-corrected chi connectivity index (χ2v) is 4.84. The number of hydrogen-bond acceptors (Lipinski definition) is 4.